The Balaban J connectivity index is 2.77. The van der Waals surface area contributed by atoms with Crippen molar-refractivity contribution in [2.24, 2.45) is 0 Å². The van der Waals surface area contributed by atoms with E-state index in [0.29, 0.717) is 25.0 Å². The maximum Gasteiger partial charge on any atom is 0.391 e. The van der Waals surface area contributed by atoms with Gasteiger partial charge in [0.15, 0.2) is 0 Å². The Morgan fingerprint density at radius 3 is 2.50 bits per heavy atom. The van der Waals surface area contributed by atoms with Gasteiger partial charge in [-0.25, -0.2) is 0 Å². The van der Waals surface area contributed by atoms with E-state index < -0.39 is 21.2 Å². The molecular formula is C10H10N2O6. The van der Waals surface area contributed by atoms with E-state index in [1.54, 1.807) is 0 Å². The predicted molar refractivity (Wildman–Crippen MR) is 60.1 cm³/mol. The van der Waals surface area contributed by atoms with Gasteiger partial charge in [0.05, 0.1) is 23.6 Å². The average molecular weight is 254 g/mol. The third-order valence-corrected chi connectivity index (χ3v) is 2.69. The maximum absolute atomic E-state index is 11.0. The number of aryl methyl sites for hydroxylation is 1. The number of nitro benzene ring substituents is 2. The molecule has 0 saturated heterocycles. The number of hydrogen-bond donors (Lipinski definition) is 0. The minimum absolute atomic E-state index is 0.0150. The van der Waals surface area contributed by atoms with E-state index in [4.69, 9.17) is 9.47 Å². The zero-order valence-corrected chi connectivity index (χ0v) is 9.54. The predicted octanol–water partition coefficient (Wildman–Crippen LogP) is 1.84. The van der Waals surface area contributed by atoms with E-state index in [2.05, 4.69) is 0 Å². The SMILES string of the molecule is COc1cc2c(c([N+](=O)[O-])c1[N+](=O)[O-])OCCC2. The molecule has 0 spiro atoms. The van der Waals surface area contributed by atoms with E-state index in [1.165, 1.54) is 13.2 Å². The van der Waals surface area contributed by atoms with Crippen LogP contribution in [0.15, 0.2) is 6.07 Å². The second-order valence-electron chi connectivity index (χ2n) is 3.73. The van der Waals surface area contributed by atoms with Gasteiger partial charge in [-0.3, -0.25) is 20.2 Å². The molecule has 96 valence electrons. The van der Waals surface area contributed by atoms with Crippen LogP contribution >= 0.6 is 0 Å². The molecule has 0 unspecified atom stereocenters. The summed E-state index contributed by atoms with van der Waals surface area (Å²) in [6, 6.07) is 1.43. The molecule has 0 amide bonds. The van der Waals surface area contributed by atoms with Crippen molar-refractivity contribution in [2.45, 2.75) is 12.8 Å². The number of nitro groups is 2. The molecular weight excluding hydrogens is 244 g/mol. The lowest BCUT2D eigenvalue weighted by atomic mass is 10.0. The summed E-state index contributed by atoms with van der Waals surface area (Å²) in [6.45, 7) is 0.317. The highest BCUT2D eigenvalue weighted by Gasteiger charge is 2.38. The van der Waals surface area contributed by atoms with Gasteiger partial charge < -0.3 is 9.47 Å². The van der Waals surface area contributed by atoms with E-state index >= 15 is 0 Å². The standard InChI is InChI=1S/C10H10N2O6/c1-17-7-5-6-3-2-4-18-10(6)9(12(15)16)8(7)11(13)14/h5H,2-4H2,1H3. The molecule has 0 N–H and O–H groups in total. The van der Waals surface area contributed by atoms with Gasteiger partial charge in [-0.2, -0.15) is 0 Å². The number of ether oxygens (including phenoxy) is 2. The van der Waals surface area contributed by atoms with Crippen LogP contribution in [-0.4, -0.2) is 23.6 Å². The Morgan fingerprint density at radius 1 is 1.28 bits per heavy atom. The summed E-state index contributed by atoms with van der Waals surface area (Å²) in [7, 11) is 1.24. The number of benzene rings is 1. The summed E-state index contributed by atoms with van der Waals surface area (Å²) >= 11 is 0. The fourth-order valence-electron chi connectivity index (χ4n) is 1.95. The number of hydrogen-bond acceptors (Lipinski definition) is 6. The number of nitrogens with zero attached hydrogens (tertiary/aromatic N) is 2. The highest BCUT2D eigenvalue weighted by molar-refractivity contribution is 5.71. The molecule has 1 heterocycles. The van der Waals surface area contributed by atoms with Crippen molar-refractivity contribution >= 4 is 11.4 Å². The molecule has 0 atom stereocenters. The molecule has 0 radical (unpaired) electrons. The fraction of sp³-hybridized carbons (Fsp3) is 0.400. The molecule has 8 nitrogen and oxygen atoms in total. The van der Waals surface area contributed by atoms with Gasteiger partial charge in [0.1, 0.15) is 0 Å². The lowest BCUT2D eigenvalue weighted by Gasteiger charge is -2.17. The Labute approximate surface area is 101 Å². The highest BCUT2D eigenvalue weighted by Crippen LogP contribution is 2.47. The maximum atomic E-state index is 11.0. The smallest absolute Gasteiger partial charge is 0.391 e. The van der Waals surface area contributed by atoms with Crippen molar-refractivity contribution < 1.29 is 19.3 Å². The van der Waals surface area contributed by atoms with Gasteiger partial charge in [0, 0.05) is 5.56 Å². The zero-order valence-electron chi connectivity index (χ0n) is 9.54. The molecule has 0 bridgehead atoms. The van der Waals surface area contributed by atoms with Gasteiger partial charge in [-0.1, -0.05) is 0 Å². The molecule has 0 fully saturated rings. The highest BCUT2D eigenvalue weighted by atomic mass is 16.6. The minimum atomic E-state index is -0.824. The Kier molecular flexibility index (Phi) is 3.00. The third kappa shape index (κ3) is 1.81. The van der Waals surface area contributed by atoms with E-state index in [0.717, 1.165) is 0 Å². The van der Waals surface area contributed by atoms with Crippen LogP contribution in [0.4, 0.5) is 11.4 Å². The summed E-state index contributed by atoms with van der Waals surface area (Å²) in [5, 5.41) is 22.0. The molecule has 1 aromatic carbocycles. The third-order valence-electron chi connectivity index (χ3n) is 2.69. The summed E-state index contributed by atoms with van der Waals surface area (Å²) in [4.78, 5) is 20.4. The van der Waals surface area contributed by atoms with Crippen LogP contribution in [0.2, 0.25) is 0 Å². The number of methoxy groups -OCH3 is 1. The Hall–Kier alpha value is -2.38. The molecule has 1 aliphatic rings. The summed E-state index contributed by atoms with van der Waals surface area (Å²) in [5.74, 6) is -0.130. The quantitative estimate of drug-likeness (QED) is 0.601. The Bertz CT molecular complexity index is 528. The number of rotatable bonds is 3. The summed E-state index contributed by atoms with van der Waals surface area (Å²) in [6.07, 6.45) is 1.29. The van der Waals surface area contributed by atoms with Crippen molar-refractivity contribution in [2.75, 3.05) is 13.7 Å². The first-order chi connectivity index (χ1) is 8.56. The Morgan fingerprint density at radius 2 is 1.94 bits per heavy atom. The van der Waals surface area contributed by atoms with Gasteiger partial charge >= 0.3 is 11.4 Å². The van der Waals surface area contributed by atoms with E-state index in [9.17, 15) is 20.2 Å². The van der Waals surface area contributed by atoms with Crippen LogP contribution in [0.25, 0.3) is 0 Å². The second-order valence-corrected chi connectivity index (χ2v) is 3.73. The molecule has 2 rings (SSSR count). The first kappa shape index (κ1) is 12.1. The fourth-order valence-corrected chi connectivity index (χ4v) is 1.95. The molecule has 0 saturated carbocycles. The lowest BCUT2D eigenvalue weighted by Crippen LogP contribution is -2.12. The van der Waals surface area contributed by atoms with Crippen molar-refractivity contribution in [1.82, 2.24) is 0 Å². The normalized spacial score (nSPS) is 13.4. The summed E-state index contributed by atoms with van der Waals surface area (Å²) < 4.78 is 10.1. The van der Waals surface area contributed by atoms with Crippen LogP contribution in [0, 0.1) is 20.2 Å². The van der Waals surface area contributed by atoms with Crippen LogP contribution in [0.5, 0.6) is 11.5 Å². The molecule has 1 aromatic rings. The summed E-state index contributed by atoms with van der Waals surface area (Å²) in [5.41, 5.74) is -0.729. The molecule has 8 heteroatoms. The molecule has 0 aromatic heterocycles. The van der Waals surface area contributed by atoms with Crippen molar-refractivity contribution in [3.05, 3.63) is 31.9 Å². The molecule has 18 heavy (non-hydrogen) atoms. The van der Waals surface area contributed by atoms with Gasteiger partial charge in [0.2, 0.25) is 11.5 Å². The average Bonchev–Trinajstić information content (AvgIpc) is 2.35. The van der Waals surface area contributed by atoms with Gasteiger partial charge in [-0.15, -0.1) is 0 Å². The number of fused-ring (bicyclic) bond motifs is 1. The van der Waals surface area contributed by atoms with Crippen molar-refractivity contribution in [3.63, 3.8) is 0 Å². The largest absolute Gasteiger partial charge is 0.490 e. The van der Waals surface area contributed by atoms with Crippen LogP contribution in [-0.2, 0) is 6.42 Å². The van der Waals surface area contributed by atoms with Crippen molar-refractivity contribution in [1.29, 1.82) is 0 Å². The van der Waals surface area contributed by atoms with Gasteiger partial charge in [0.25, 0.3) is 0 Å². The lowest BCUT2D eigenvalue weighted by molar-refractivity contribution is -0.423. The zero-order chi connectivity index (χ0) is 13.3. The van der Waals surface area contributed by atoms with Crippen molar-refractivity contribution in [3.8, 4) is 11.5 Å². The monoisotopic (exact) mass is 254 g/mol. The van der Waals surface area contributed by atoms with Crippen LogP contribution in [0.3, 0.4) is 0 Å². The molecule has 1 aliphatic heterocycles. The van der Waals surface area contributed by atoms with E-state index in [1.807, 2.05) is 0 Å². The van der Waals surface area contributed by atoms with Crippen LogP contribution < -0.4 is 9.47 Å². The van der Waals surface area contributed by atoms with Crippen LogP contribution in [0.1, 0.15) is 12.0 Å². The first-order valence-electron chi connectivity index (χ1n) is 5.21. The topological polar surface area (TPSA) is 105 Å². The van der Waals surface area contributed by atoms with E-state index in [-0.39, 0.29) is 11.5 Å². The first-order valence-corrected chi connectivity index (χ1v) is 5.21. The minimum Gasteiger partial charge on any atom is -0.490 e. The second kappa shape index (κ2) is 4.47. The molecule has 0 aliphatic carbocycles. The van der Waals surface area contributed by atoms with Gasteiger partial charge in [-0.05, 0) is 18.9 Å².